The molecular weight excluding hydrogens is 387 g/mol. The molecule has 6 nitrogen and oxygen atoms in total. The third-order valence-electron chi connectivity index (χ3n) is 4.47. The van der Waals surface area contributed by atoms with Crippen LogP contribution in [0.2, 0.25) is 0 Å². The van der Waals surface area contributed by atoms with Crippen LogP contribution in [0.15, 0.2) is 65.3 Å². The predicted octanol–water partition coefficient (Wildman–Crippen LogP) is 5.14. The fourth-order valence-corrected chi connectivity index (χ4v) is 3.16. The van der Waals surface area contributed by atoms with E-state index in [1.54, 1.807) is 42.3 Å². The number of hydrogen-bond acceptors (Lipinski definition) is 5. The van der Waals surface area contributed by atoms with E-state index in [2.05, 4.69) is 10.1 Å². The largest absolute Gasteiger partial charge is 0.573 e. The molecule has 4 rings (SSSR count). The zero-order valence-electron chi connectivity index (χ0n) is 15.2. The maximum Gasteiger partial charge on any atom is 0.573 e. The first-order valence-corrected chi connectivity index (χ1v) is 8.57. The van der Waals surface area contributed by atoms with Crippen LogP contribution in [0.1, 0.15) is 17.3 Å². The number of methoxy groups -OCH3 is 1. The van der Waals surface area contributed by atoms with Gasteiger partial charge in [-0.15, -0.1) is 13.2 Å². The lowest BCUT2D eigenvalue weighted by Crippen LogP contribution is -2.42. The van der Waals surface area contributed by atoms with Gasteiger partial charge in [-0.3, -0.25) is 5.41 Å². The van der Waals surface area contributed by atoms with Gasteiger partial charge in [0.25, 0.3) is 0 Å². The Balaban J connectivity index is 1.71. The first-order chi connectivity index (χ1) is 13.9. The molecule has 0 radical (unpaired) electrons. The molecule has 29 heavy (non-hydrogen) atoms. The van der Waals surface area contributed by atoms with Crippen LogP contribution < -0.4 is 19.7 Å². The fraction of sp³-hybridized carbons (Fsp3) is 0.150. The summed E-state index contributed by atoms with van der Waals surface area (Å²) in [5, 5.41) is 11.8. The number of fused-ring (bicyclic) bond motifs is 1. The van der Waals surface area contributed by atoms with Gasteiger partial charge in [-0.05, 0) is 48.0 Å². The topological polar surface area (TPSA) is 70.7 Å². The van der Waals surface area contributed by atoms with Gasteiger partial charge in [-0.2, -0.15) is 0 Å². The van der Waals surface area contributed by atoms with Crippen LogP contribution >= 0.6 is 0 Å². The minimum atomic E-state index is -4.76. The Morgan fingerprint density at radius 2 is 1.66 bits per heavy atom. The van der Waals surface area contributed by atoms with Crippen LogP contribution in [0.4, 0.5) is 24.7 Å². The molecule has 2 aromatic carbocycles. The van der Waals surface area contributed by atoms with Crippen LogP contribution in [-0.2, 0) is 0 Å². The lowest BCUT2D eigenvalue weighted by molar-refractivity contribution is -0.274. The van der Waals surface area contributed by atoms with Crippen LogP contribution in [-0.4, -0.2) is 19.3 Å². The van der Waals surface area contributed by atoms with E-state index in [0.29, 0.717) is 28.4 Å². The third-order valence-corrected chi connectivity index (χ3v) is 4.47. The minimum Gasteiger partial charge on any atom is -0.497 e. The van der Waals surface area contributed by atoms with Crippen molar-refractivity contribution in [2.75, 3.05) is 17.3 Å². The van der Waals surface area contributed by atoms with Crippen molar-refractivity contribution in [3.63, 3.8) is 0 Å². The van der Waals surface area contributed by atoms with E-state index in [9.17, 15) is 13.2 Å². The first kappa shape index (κ1) is 18.7. The molecule has 9 heteroatoms. The van der Waals surface area contributed by atoms with Crippen molar-refractivity contribution in [3.05, 3.63) is 72.0 Å². The summed E-state index contributed by atoms with van der Waals surface area (Å²) in [6.45, 7) is 0. The summed E-state index contributed by atoms with van der Waals surface area (Å²) >= 11 is 0. The molecule has 0 aliphatic carbocycles. The Morgan fingerprint density at radius 3 is 2.28 bits per heavy atom. The highest BCUT2D eigenvalue weighted by molar-refractivity contribution is 6.12. The van der Waals surface area contributed by atoms with Gasteiger partial charge in [0.15, 0.2) is 0 Å². The highest BCUT2D eigenvalue weighted by Gasteiger charge is 2.34. The molecule has 1 unspecified atom stereocenters. The molecular formula is C20H16F3N3O3. The smallest absolute Gasteiger partial charge is 0.497 e. The maximum absolute atomic E-state index is 12.4. The van der Waals surface area contributed by atoms with Crippen molar-refractivity contribution < 1.29 is 27.1 Å². The quantitative estimate of drug-likeness (QED) is 0.631. The van der Waals surface area contributed by atoms with E-state index in [-0.39, 0.29) is 11.6 Å². The summed E-state index contributed by atoms with van der Waals surface area (Å²) in [5.41, 5.74) is 1.91. The molecule has 150 valence electrons. The summed E-state index contributed by atoms with van der Waals surface area (Å²) in [7, 11) is 1.56. The van der Waals surface area contributed by atoms with Gasteiger partial charge in [0.2, 0.25) is 5.88 Å². The minimum absolute atomic E-state index is 0.193. The monoisotopic (exact) mass is 403 g/mol. The molecule has 1 aliphatic heterocycles. The van der Waals surface area contributed by atoms with Gasteiger partial charge in [0.05, 0.1) is 18.9 Å². The van der Waals surface area contributed by atoms with Crippen molar-refractivity contribution >= 4 is 17.4 Å². The Labute approximate surface area is 164 Å². The average Bonchev–Trinajstić information content (AvgIpc) is 3.17. The van der Waals surface area contributed by atoms with E-state index >= 15 is 0 Å². The van der Waals surface area contributed by atoms with Crippen molar-refractivity contribution in [2.45, 2.75) is 12.5 Å². The van der Waals surface area contributed by atoms with Crippen molar-refractivity contribution in [3.8, 4) is 11.5 Å². The van der Waals surface area contributed by atoms with Crippen LogP contribution in [0.3, 0.4) is 0 Å². The van der Waals surface area contributed by atoms with E-state index < -0.39 is 12.5 Å². The van der Waals surface area contributed by atoms with Gasteiger partial charge < -0.3 is 24.1 Å². The number of anilines is 2. The molecule has 0 saturated carbocycles. The molecule has 2 N–H and O–H groups in total. The Morgan fingerprint density at radius 1 is 1.00 bits per heavy atom. The second kappa shape index (κ2) is 7.08. The molecule has 3 aromatic rings. The fourth-order valence-electron chi connectivity index (χ4n) is 3.16. The third kappa shape index (κ3) is 3.71. The average molecular weight is 403 g/mol. The maximum atomic E-state index is 12.4. The first-order valence-electron chi connectivity index (χ1n) is 8.57. The van der Waals surface area contributed by atoms with Crippen LogP contribution in [0.25, 0.3) is 0 Å². The number of furan rings is 1. The highest BCUT2D eigenvalue weighted by atomic mass is 19.4. The zero-order valence-corrected chi connectivity index (χ0v) is 15.2. The summed E-state index contributed by atoms with van der Waals surface area (Å²) < 4.78 is 51.8. The van der Waals surface area contributed by atoms with E-state index in [1.807, 2.05) is 0 Å². The normalized spacial score (nSPS) is 16.2. The molecule has 0 fully saturated rings. The molecule has 0 bridgehead atoms. The molecule has 1 aliphatic rings. The standard InChI is InChI=1S/C20H16F3N3O3/c1-27-14-8-4-13(5-9-14)26-17(24)16-10-11-28-19(16)25-18(26)12-2-6-15(7-3-12)29-20(21,22)23/h2-11,18,24-25H,1H3. The lowest BCUT2D eigenvalue weighted by Gasteiger charge is -2.38. The molecule has 0 amide bonds. The molecule has 0 spiro atoms. The number of nitrogens with one attached hydrogen (secondary N) is 2. The number of rotatable bonds is 4. The van der Waals surface area contributed by atoms with Crippen LogP contribution in [0.5, 0.6) is 11.5 Å². The Bertz CT molecular complexity index is 1010. The second-order valence-electron chi connectivity index (χ2n) is 6.24. The number of benzene rings is 2. The number of ether oxygens (including phenoxy) is 2. The number of alkyl halides is 3. The van der Waals surface area contributed by atoms with Gasteiger partial charge in [-0.1, -0.05) is 12.1 Å². The highest BCUT2D eigenvalue weighted by Crippen LogP contribution is 2.38. The Hall–Kier alpha value is -3.62. The van der Waals surface area contributed by atoms with E-state index in [1.165, 1.54) is 30.5 Å². The SMILES string of the molecule is COc1ccc(N2C(=N)c3ccoc3NC2c2ccc(OC(F)(F)F)cc2)cc1. The van der Waals surface area contributed by atoms with E-state index in [0.717, 1.165) is 0 Å². The number of amidine groups is 1. The summed E-state index contributed by atoms with van der Waals surface area (Å²) in [6, 6.07) is 14.3. The number of halogens is 3. The number of nitrogens with zero attached hydrogens (tertiary/aromatic N) is 1. The zero-order chi connectivity index (χ0) is 20.6. The summed E-state index contributed by atoms with van der Waals surface area (Å²) in [5.74, 6) is 0.958. The molecule has 2 heterocycles. The molecule has 1 aromatic heterocycles. The van der Waals surface area contributed by atoms with E-state index in [4.69, 9.17) is 14.6 Å². The van der Waals surface area contributed by atoms with Crippen molar-refractivity contribution in [1.29, 1.82) is 5.41 Å². The van der Waals surface area contributed by atoms with Gasteiger partial charge >= 0.3 is 6.36 Å². The molecule has 0 saturated heterocycles. The van der Waals surface area contributed by atoms with Gasteiger partial charge in [0, 0.05) is 5.69 Å². The van der Waals surface area contributed by atoms with Crippen LogP contribution in [0, 0.1) is 5.41 Å². The second-order valence-corrected chi connectivity index (χ2v) is 6.24. The van der Waals surface area contributed by atoms with Gasteiger partial charge in [0.1, 0.15) is 23.5 Å². The Kier molecular flexibility index (Phi) is 4.57. The molecule has 1 atom stereocenters. The van der Waals surface area contributed by atoms with Gasteiger partial charge in [-0.25, -0.2) is 0 Å². The van der Waals surface area contributed by atoms with Crippen molar-refractivity contribution in [2.24, 2.45) is 0 Å². The predicted molar refractivity (Wildman–Crippen MR) is 100 cm³/mol. The summed E-state index contributed by atoms with van der Waals surface area (Å²) in [4.78, 5) is 1.72. The lowest BCUT2D eigenvalue weighted by atomic mass is 10.1. The van der Waals surface area contributed by atoms with Crippen molar-refractivity contribution in [1.82, 2.24) is 0 Å². The number of hydrogen-bond donors (Lipinski definition) is 2. The summed E-state index contributed by atoms with van der Waals surface area (Å²) in [6.07, 6.45) is -3.86.